The molecule has 3 nitrogen and oxygen atoms in total. The van der Waals surface area contributed by atoms with Gasteiger partial charge >= 0.3 is 8.25 Å². The molecule has 1 rings (SSSR count). The average molecular weight is 252 g/mol. The molecule has 1 aromatic rings. The molecule has 4 heteroatoms. The van der Waals surface area contributed by atoms with Crippen molar-refractivity contribution in [3.05, 3.63) is 35.9 Å². The van der Waals surface area contributed by atoms with E-state index in [0.29, 0.717) is 0 Å². The summed E-state index contributed by atoms with van der Waals surface area (Å²) in [4.78, 5) is 8.41. The molecule has 0 aliphatic rings. The largest absolute Gasteiger partial charge is 0.373 e. The molecule has 0 amide bonds. The van der Waals surface area contributed by atoms with Crippen LogP contribution in [-0.2, 0) is 15.5 Å². The third kappa shape index (κ3) is 6.84. The van der Waals surface area contributed by atoms with Crippen LogP contribution in [0.4, 0.5) is 0 Å². The highest BCUT2D eigenvalue weighted by molar-refractivity contribution is 7.32. The van der Waals surface area contributed by atoms with Crippen molar-refractivity contribution < 1.29 is 14.0 Å². The predicted octanol–water partition coefficient (Wildman–Crippen LogP) is 3.00. The molecule has 0 aromatic heterocycles. The Hall–Kier alpha value is -1.23. The van der Waals surface area contributed by atoms with E-state index in [0.717, 1.165) is 19.3 Å². The maximum Gasteiger partial charge on any atom is 0.373 e. The van der Waals surface area contributed by atoms with Crippen LogP contribution in [-0.4, -0.2) is 4.89 Å². The highest BCUT2D eigenvalue weighted by Crippen LogP contribution is 2.13. The fraction of sp³-hybridized carbons (Fsp3) is 0.385. The van der Waals surface area contributed by atoms with E-state index in [-0.39, 0.29) is 5.92 Å². The maximum absolute atomic E-state index is 10.2. The van der Waals surface area contributed by atoms with Crippen LogP contribution in [0.2, 0.25) is 0 Å². The Balaban J connectivity index is 2.22. The third-order valence-corrected chi connectivity index (χ3v) is 2.67. The zero-order valence-electron chi connectivity index (χ0n) is 9.85. The Bertz CT molecular complexity index is 406. The molecular formula is C13H17O3P. The van der Waals surface area contributed by atoms with Gasteiger partial charge in [0.15, 0.2) is 0 Å². The van der Waals surface area contributed by atoms with Gasteiger partial charge in [0.1, 0.15) is 6.11 Å². The van der Waals surface area contributed by atoms with E-state index in [9.17, 15) is 4.57 Å². The minimum absolute atomic E-state index is 0.181. The lowest BCUT2D eigenvalue weighted by Gasteiger charge is -2.03. The summed E-state index contributed by atoms with van der Waals surface area (Å²) >= 11 is 0. The molecule has 0 heterocycles. The number of aryl methyl sites for hydroxylation is 1. The molecule has 0 aliphatic carbocycles. The van der Waals surface area contributed by atoms with Crippen LogP contribution < -0.4 is 0 Å². The molecule has 2 atom stereocenters. The fourth-order valence-electron chi connectivity index (χ4n) is 1.50. The van der Waals surface area contributed by atoms with Gasteiger partial charge in [-0.1, -0.05) is 43.2 Å². The van der Waals surface area contributed by atoms with Crippen molar-refractivity contribution in [3.63, 3.8) is 0 Å². The molecule has 0 fully saturated rings. The molecule has 1 aromatic carbocycles. The number of hydrogen-bond acceptors (Lipinski definition) is 2. The van der Waals surface area contributed by atoms with Gasteiger partial charge in [-0.15, -0.1) is 0 Å². The van der Waals surface area contributed by atoms with Crippen molar-refractivity contribution in [2.75, 3.05) is 0 Å². The fourth-order valence-corrected chi connectivity index (χ4v) is 1.65. The minimum Gasteiger partial charge on any atom is -0.372 e. The normalized spacial score (nSPS) is 13.3. The van der Waals surface area contributed by atoms with E-state index in [1.54, 1.807) is 0 Å². The van der Waals surface area contributed by atoms with Crippen LogP contribution in [0.25, 0.3) is 0 Å². The topological polar surface area (TPSA) is 46.5 Å². The second kappa shape index (κ2) is 7.95. The molecule has 0 aliphatic heterocycles. The van der Waals surface area contributed by atoms with Gasteiger partial charge in [-0.3, -0.25) is 0 Å². The molecule has 0 saturated carbocycles. The highest BCUT2D eigenvalue weighted by Gasteiger charge is 1.98. The lowest BCUT2D eigenvalue weighted by atomic mass is 10.0. The van der Waals surface area contributed by atoms with Crippen LogP contribution >= 0.6 is 8.25 Å². The molecule has 2 unspecified atom stereocenters. The van der Waals surface area contributed by atoms with Crippen LogP contribution in [0, 0.1) is 17.9 Å². The number of hydrogen-bond donors (Lipinski definition) is 1. The van der Waals surface area contributed by atoms with Gasteiger partial charge < -0.3 is 9.42 Å². The predicted molar refractivity (Wildman–Crippen MR) is 68.6 cm³/mol. The van der Waals surface area contributed by atoms with Crippen molar-refractivity contribution in [2.45, 2.75) is 26.2 Å². The van der Waals surface area contributed by atoms with E-state index in [4.69, 9.17) is 4.89 Å². The van der Waals surface area contributed by atoms with Crippen LogP contribution in [0.1, 0.15) is 25.3 Å². The van der Waals surface area contributed by atoms with Gasteiger partial charge in [-0.2, -0.15) is 0 Å². The summed E-state index contributed by atoms with van der Waals surface area (Å²) in [5.74, 6) is 2.97. The molecule has 1 N–H and O–H groups in total. The van der Waals surface area contributed by atoms with Gasteiger partial charge in [0.2, 0.25) is 0 Å². The summed E-state index contributed by atoms with van der Waals surface area (Å²) in [7, 11) is -2.92. The van der Waals surface area contributed by atoms with Crippen molar-refractivity contribution in [1.82, 2.24) is 0 Å². The Morgan fingerprint density at radius 1 is 1.41 bits per heavy atom. The standard InChI is InChI=1S/C13H17O3P/c1-12(10-11-16-17(14)15)6-5-9-13-7-3-2-4-8-13/h2-4,7-8,12,17H,5-6,9H2,1H3,(H,14,15). The van der Waals surface area contributed by atoms with Crippen molar-refractivity contribution >= 4 is 8.25 Å². The molecule has 0 radical (unpaired) electrons. The Morgan fingerprint density at radius 3 is 2.76 bits per heavy atom. The minimum atomic E-state index is -2.92. The van der Waals surface area contributed by atoms with E-state index >= 15 is 0 Å². The Kier molecular flexibility index (Phi) is 6.47. The lowest BCUT2D eigenvalue weighted by Crippen LogP contribution is -1.93. The monoisotopic (exact) mass is 252 g/mol. The average Bonchev–Trinajstić information content (AvgIpc) is 2.30. The third-order valence-electron chi connectivity index (χ3n) is 2.39. The molecule has 92 valence electrons. The summed E-state index contributed by atoms with van der Waals surface area (Å²) in [5, 5.41) is 0. The highest BCUT2D eigenvalue weighted by atomic mass is 31.1. The van der Waals surface area contributed by atoms with E-state index in [1.165, 1.54) is 5.56 Å². The van der Waals surface area contributed by atoms with Gasteiger partial charge in [0, 0.05) is 5.92 Å². The van der Waals surface area contributed by atoms with Gasteiger partial charge in [-0.25, -0.2) is 4.57 Å². The van der Waals surface area contributed by atoms with E-state index < -0.39 is 8.25 Å². The molecule has 17 heavy (non-hydrogen) atoms. The maximum atomic E-state index is 10.2. The Labute approximate surface area is 103 Å². The number of rotatable bonds is 5. The summed E-state index contributed by atoms with van der Waals surface area (Å²) in [5.41, 5.74) is 1.32. The Morgan fingerprint density at radius 2 is 2.12 bits per heavy atom. The zero-order chi connectivity index (χ0) is 12.5. The van der Waals surface area contributed by atoms with Crippen LogP contribution in [0.3, 0.4) is 0 Å². The quantitative estimate of drug-likeness (QED) is 0.647. The summed E-state index contributed by atoms with van der Waals surface area (Å²) in [6, 6.07) is 10.3. The van der Waals surface area contributed by atoms with Crippen LogP contribution in [0.5, 0.6) is 0 Å². The van der Waals surface area contributed by atoms with Gasteiger partial charge in [-0.05, 0) is 24.8 Å². The first-order chi connectivity index (χ1) is 8.18. The first-order valence-electron chi connectivity index (χ1n) is 5.62. The lowest BCUT2D eigenvalue weighted by molar-refractivity contribution is 0.393. The van der Waals surface area contributed by atoms with Crippen LogP contribution in [0.15, 0.2) is 30.3 Å². The summed E-state index contributed by atoms with van der Waals surface area (Å²) < 4.78 is 14.6. The van der Waals surface area contributed by atoms with Crippen molar-refractivity contribution in [1.29, 1.82) is 0 Å². The van der Waals surface area contributed by atoms with Crippen molar-refractivity contribution in [2.24, 2.45) is 5.92 Å². The zero-order valence-corrected chi connectivity index (χ0v) is 10.8. The molecule has 0 bridgehead atoms. The van der Waals surface area contributed by atoms with E-state index in [2.05, 4.69) is 28.7 Å². The smallest absolute Gasteiger partial charge is 0.372 e. The summed E-state index contributed by atoms with van der Waals surface area (Å²) in [6.45, 7) is 1.98. The second-order valence-electron chi connectivity index (χ2n) is 3.89. The van der Waals surface area contributed by atoms with Crippen molar-refractivity contribution in [3.8, 4) is 12.0 Å². The first kappa shape index (κ1) is 13.8. The molecular weight excluding hydrogens is 235 g/mol. The molecule has 0 spiro atoms. The molecule has 0 saturated heterocycles. The second-order valence-corrected chi connectivity index (χ2v) is 4.63. The van der Waals surface area contributed by atoms with Gasteiger partial charge in [0.25, 0.3) is 0 Å². The summed E-state index contributed by atoms with van der Waals surface area (Å²) in [6.07, 6.45) is 5.30. The number of benzene rings is 1. The van der Waals surface area contributed by atoms with E-state index in [1.807, 2.05) is 25.1 Å². The first-order valence-corrected chi connectivity index (χ1v) is 6.89. The SMILES string of the molecule is CC(C#CO[PH](=O)O)CCCc1ccccc1. The van der Waals surface area contributed by atoms with Gasteiger partial charge in [0.05, 0.1) is 0 Å².